The summed E-state index contributed by atoms with van der Waals surface area (Å²) in [6, 6.07) is 18.0. The molecule has 0 fully saturated rings. The smallest absolute Gasteiger partial charge is 0.410 e. The van der Waals surface area contributed by atoms with Crippen LogP contribution in [0.15, 0.2) is 71.6 Å². The van der Waals surface area contributed by atoms with E-state index in [2.05, 4.69) is 15.6 Å². The first-order chi connectivity index (χ1) is 13.8. The van der Waals surface area contributed by atoms with Crippen LogP contribution in [0.2, 0.25) is 0 Å². The second kappa shape index (κ2) is 8.59. The van der Waals surface area contributed by atoms with Crippen LogP contribution >= 0.6 is 0 Å². The van der Waals surface area contributed by atoms with Crippen molar-refractivity contribution in [3.63, 3.8) is 0 Å². The minimum atomic E-state index is -3.72. The topological polar surface area (TPSA) is 149 Å². The number of para-hydroxylation sites is 1. The molecule has 0 saturated carbocycles. The van der Waals surface area contributed by atoms with Gasteiger partial charge < -0.3 is 15.8 Å². The Morgan fingerprint density at radius 3 is 2.31 bits per heavy atom. The van der Waals surface area contributed by atoms with Crippen LogP contribution in [0.4, 0.5) is 22.1 Å². The van der Waals surface area contributed by atoms with E-state index in [-0.39, 0.29) is 10.7 Å². The van der Waals surface area contributed by atoms with Crippen molar-refractivity contribution in [3.8, 4) is 5.75 Å². The van der Waals surface area contributed by atoms with Gasteiger partial charge in [0.2, 0.25) is 10.0 Å². The highest BCUT2D eigenvalue weighted by Crippen LogP contribution is 2.20. The van der Waals surface area contributed by atoms with Crippen LogP contribution in [0.3, 0.4) is 0 Å². The summed E-state index contributed by atoms with van der Waals surface area (Å²) in [5, 5.41) is 10.7. The lowest BCUT2D eigenvalue weighted by atomic mass is 10.2. The number of ether oxygens (including phenoxy) is 1. The summed E-state index contributed by atoms with van der Waals surface area (Å²) >= 11 is 0. The number of hydrogen-bond donors (Lipinski definition) is 4. The molecule has 6 N–H and O–H groups in total. The third-order valence-corrected chi connectivity index (χ3v) is 4.77. The zero-order valence-corrected chi connectivity index (χ0v) is 16.0. The van der Waals surface area contributed by atoms with Gasteiger partial charge in [0.25, 0.3) is 0 Å². The molecule has 3 rings (SSSR count). The van der Waals surface area contributed by atoms with Crippen molar-refractivity contribution in [3.05, 3.63) is 72.3 Å². The third kappa shape index (κ3) is 5.67. The molecular weight excluding hydrogens is 394 g/mol. The number of aromatic nitrogens is 1. The number of primary sulfonamides is 1. The maximum absolute atomic E-state index is 11.9. The summed E-state index contributed by atoms with van der Waals surface area (Å²) in [4.78, 5) is 16.2. The first kappa shape index (κ1) is 20.1. The molecule has 3 aromatic rings. The van der Waals surface area contributed by atoms with Gasteiger partial charge in [0.15, 0.2) is 0 Å². The highest BCUT2D eigenvalue weighted by molar-refractivity contribution is 7.89. The number of nitrogens with one attached hydrogen (secondary N) is 2. The molecule has 150 valence electrons. The van der Waals surface area contributed by atoms with E-state index in [1.54, 1.807) is 48.5 Å². The molecule has 1 amide bonds. The standard InChI is InChI=1S/C19H19N5O4S/c20-18-16(23-19(25)28-14-4-2-1-3-5-14)10-11-17(24-18)22-12-13-6-8-15(9-7-13)29(21,26)27/h1-11H,12H2,(H,23,25)(H3,20,22,24)(H2,21,26,27). The van der Waals surface area contributed by atoms with Crippen molar-refractivity contribution >= 4 is 33.4 Å². The highest BCUT2D eigenvalue weighted by atomic mass is 32.2. The van der Waals surface area contributed by atoms with Crippen molar-refractivity contribution in [2.24, 2.45) is 5.14 Å². The number of carbonyl (C=O) groups is 1. The molecule has 0 aliphatic heterocycles. The number of carbonyl (C=O) groups excluding carboxylic acids is 1. The van der Waals surface area contributed by atoms with Crippen molar-refractivity contribution in [1.29, 1.82) is 0 Å². The fraction of sp³-hybridized carbons (Fsp3) is 0.0526. The van der Waals surface area contributed by atoms with Gasteiger partial charge in [-0.05, 0) is 42.0 Å². The number of sulfonamides is 1. The molecule has 9 nitrogen and oxygen atoms in total. The van der Waals surface area contributed by atoms with Crippen LogP contribution in [-0.4, -0.2) is 19.5 Å². The zero-order valence-electron chi connectivity index (χ0n) is 15.2. The van der Waals surface area contributed by atoms with Gasteiger partial charge in [0.05, 0.1) is 10.6 Å². The SMILES string of the molecule is Nc1nc(NCc2ccc(S(N)(=O)=O)cc2)ccc1NC(=O)Oc1ccccc1. The lowest BCUT2D eigenvalue weighted by Gasteiger charge is -2.11. The minimum Gasteiger partial charge on any atom is -0.410 e. The molecule has 2 aromatic carbocycles. The zero-order chi connectivity index (χ0) is 20.9. The molecule has 0 aliphatic rings. The molecule has 1 heterocycles. The van der Waals surface area contributed by atoms with Gasteiger partial charge in [-0.25, -0.2) is 23.3 Å². The first-order valence-electron chi connectivity index (χ1n) is 8.47. The van der Waals surface area contributed by atoms with Gasteiger partial charge in [-0.2, -0.15) is 0 Å². The van der Waals surface area contributed by atoms with E-state index < -0.39 is 16.1 Å². The number of nitrogen functional groups attached to an aromatic ring is 1. The molecule has 0 atom stereocenters. The van der Waals surface area contributed by atoms with Crippen molar-refractivity contribution in [2.45, 2.75) is 11.4 Å². The van der Waals surface area contributed by atoms with E-state index in [1.165, 1.54) is 12.1 Å². The van der Waals surface area contributed by atoms with Crippen LogP contribution in [0.1, 0.15) is 5.56 Å². The molecule has 0 bridgehead atoms. The van der Waals surface area contributed by atoms with Crippen LogP contribution < -0.4 is 26.2 Å². The molecule has 10 heteroatoms. The average Bonchev–Trinajstić information content (AvgIpc) is 2.68. The van der Waals surface area contributed by atoms with Gasteiger partial charge in [0, 0.05) is 6.54 Å². The van der Waals surface area contributed by atoms with Gasteiger partial charge in [-0.1, -0.05) is 30.3 Å². The van der Waals surface area contributed by atoms with E-state index in [9.17, 15) is 13.2 Å². The van der Waals surface area contributed by atoms with E-state index in [0.29, 0.717) is 23.8 Å². The number of anilines is 3. The summed E-state index contributed by atoms with van der Waals surface area (Å²) in [5.74, 6) is 1.01. The summed E-state index contributed by atoms with van der Waals surface area (Å²) in [6.07, 6.45) is -0.680. The fourth-order valence-electron chi connectivity index (χ4n) is 2.40. The Bertz CT molecular complexity index is 1100. The lowest BCUT2D eigenvalue weighted by molar-refractivity contribution is 0.215. The number of nitrogens with zero attached hydrogens (tertiary/aromatic N) is 1. The number of nitrogens with two attached hydrogens (primary N) is 2. The van der Waals surface area contributed by atoms with Crippen molar-refractivity contribution in [1.82, 2.24) is 4.98 Å². The van der Waals surface area contributed by atoms with Gasteiger partial charge in [-0.15, -0.1) is 0 Å². The summed E-state index contributed by atoms with van der Waals surface area (Å²) in [6.45, 7) is 0.389. The normalized spacial score (nSPS) is 10.9. The van der Waals surface area contributed by atoms with E-state index in [1.807, 2.05) is 6.07 Å². The Balaban J connectivity index is 1.58. The lowest BCUT2D eigenvalue weighted by Crippen LogP contribution is -2.18. The average molecular weight is 413 g/mol. The Morgan fingerprint density at radius 2 is 1.69 bits per heavy atom. The molecule has 1 aromatic heterocycles. The van der Waals surface area contributed by atoms with Crippen LogP contribution in [-0.2, 0) is 16.6 Å². The van der Waals surface area contributed by atoms with E-state index >= 15 is 0 Å². The first-order valence-corrected chi connectivity index (χ1v) is 10.0. The molecule has 0 spiro atoms. The van der Waals surface area contributed by atoms with Gasteiger partial charge in [-0.3, -0.25) is 5.32 Å². The van der Waals surface area contributed by atoms with E-state index in [0.717, 1.165) is 5.56 Å². The van der Waals surface area contributed by atoms with Crippen molar-refractivity contribution < 1.29 is 17.9 Å². The molecule has 0 unspecified atom stereocenters. The van der Waals surface area contributed by atoms with Gasteiger partial charge in [0.1, 0.15) is 17.4 Å². The number of pyridine rings is 1. The Kier molecular flexibility index (Phi) is 5.96. The summed E-state index contributed by atoms with van der Waals surface area (Å²) in [5.41, 5.74) is 7.04. The van der Waals surface area contributed by atoms with Crippen molar-refractivity contribution in [2.75, 3.05) is 16.4 Å². The maximum Gasteiger partial charge on any atom is 0.417 e. The van der Waals surface area contributed by atoms with Crippen LogP contribution in [0.5, 0.6) is 5.75 Å². The van der Waals surface area contributed by atoms with E-state index in [4.69, 9.17) is 15.6 Å². The largest absolute Gasteiger partial charge is 0.417 e. The fourth-order valence-corrected chi connectivity index (χ4v) is 2.92. The number of benzene rings is 2. The number of amides is 1. The number of hydrogen-bond acceptors (Lipinski definition) is 7. The minimum absolute atomic E-state index is 0.0430. The molecular formula is C19H19N5O4S. The second-order valence-corrected chi connectivity index (χ2v) is 7.56. The molecule has 0 aliphatic carbocycles. The van der Waals surface area contributed by atoms with Gasteiger partial charge >= 0.3 is 6.09 Å². The Hall–Kier alpha value is -3.63. The highest BCUT2D eigenvalue weighted by Gasteiger charge is 2.10. The van der Waals surface area contributed by atoms with Crippen LogP contribution in [0.25, 0.3) is 0 Å². The molecule has 29 heavy (non-hydrogen) atoms. The summed E-state index contributed by atoms with van der Waals surface area (Å²) in [7, 11) is -3.72. The predicted octanol–water partition coefficient (Wildman–Crippen LogP) is 2.53. The predicted molar refractivity (Wildman–Crippen MR) is 110 cm³/mol. The summed E-state index contributed by atoms with van der Waals surface area (Å²) < 4.78 is 27.7. The molecule has 0 saturated heterocycles. The second-order valence-electron chi connectivity index (χ2n) is 6.00. The monoisotopic (exact) mass is 413 g/mol. The quantitative estimate of drug-likeness (QED) is 0.485. The van der Waals surface area contributed by atoms with Crippen LogP contribution in [0, 0.1) is 0 Å². The maximum atomic E-state index is 11.9. The number of rotatable bonds is 6. The third-order valence-electron chi connectivity index (χ3n) is 3.84. The Morgan fingerprint density at radius 1 is 1.00 bits per heavy atom. The Labute approximate surface area is 167 Å². The molecule has 0 radical (unpaired) electrons.